The van der Waals surface area contributed by atoms with E-state index in [0.29, 0.717) is 0 Å². The molecule has 5 heteroatoms. The van der Waals surface area contributed by atoms with Gasteiger partial charge in [-0.2, -0.15) is 0 Å². The van der Waals surface area contributed by atoms with E-state index in [1.807, 2.05) is 0 Å². The minimum atomic E-state index is -1.74. The van der Waals surface area contributed by atoms with Gasteiger partial charge >= 0.3 is 0 Å². The van der Waals surface area contributed by atoms with Crippen molar-refractivity contribution < 1.29 is 23.0 Å². The van der Waals surface area contributed by atoms with Gasteiger partial charge < -0.3 is 9.84 Å². The predicted octanol–water partition coefficient (Wildman–Crippen LogP) is 3.56. The molecule has 1 atom stereocenters. The summed E-state index contributed by atoms with van der Waals surface area (Å²) in [6.07, 6.45) is -0.284. The van der Waals surface area contributed by atoms with E-state index >= 15 is 0 Å². The van der Waals surface area contributed by atoms with E-state index in [9.17, 15) is 18.3 Å². The van der Waals surface area contributed by atoms with Crippen LogP contribution in [0, 0.1) is 17.5 Å². The fourth-order valence-electron chi connectivity index (χ4n) is 2.34. The summed E-state index contributed by atoms with van der Waals surface area (Å²) in [4.78, 5) is 0. The molecule has 0 amide bonds. The molecule has 2 nitrogen and oxygen atoms in total. The standard InChI is InChI=1S/C16H15F3O2/c1-16(20,9-10-8-11(17)6-7-12(10)18)15-13(19)4-3-5-14(15)21-2/h3-8,20H,9H2,1-2H3. The average molecular weight is 296 g/mol. The maximum Gasteiger partial charge on any atom is 0.133 e. The van der Waals surface area contributed by atoms with Crippen molar-refractivity contribution in [3.05, 3.63) is 65.0 Å². The van der Waals surface area contributed by atoms with Crippen molar-refractivity contribution in [1.82, 2.24) is 0 Å². The summed E-state index contributed by atoms with van der Waals surface area (Å²) in [5.41, 5.74) is -1.87. The first-order valence-electron chi connectivity index (χ1n) is 6.34. The highest BCUT2D eigenvalue weighted by Gasteiger charge is 2.31. The molecule has 21 heavy (non-hydrogen) atoms. The van der Waals surface area contributed by atoms with E-state index in [4.69, 9.17) is 4.74 Å². The van der Waals surface area contributed by atoms with Crippen LogP contribution < -0.4 is 4.74 Å². The summed E-state index contributed by atoms with van der Waals surface area (Å²) in [5, 5.41) is 10.5. The first kappa shape index (κ1) is 15.4. The lowest BCUT2D eigenvalue weighted by Gasteiger charge is -2.26. The van der Waals surface area contributed by atoms with Crippen LogP contribution in [0.3, 0.4) is 0 Å². The highest BCUT2D eigenvalue weighted by molar-refractivity contribution is 5.40. The van der Waals surface area contributed by atoms with E-state index in [0.717, 1.165) is 18.2 Å². The lowest BCUT2D eigenvalue weighted by molar-refractivity contribution is 0.0500. The molecule has 112 valence electrons. The second-order valence-electron chi connectivity index (χ2n) is 5.00. The highest BCUT2D eigenvalue weighted by Crippen LogP contribution is 2.35. The third-order valence-electron chi connectivity index (χ3n) is 3.28. The minimum absolute atomic E-state index is 0.0368. The molecule has 0 aliphatic carbocycles. The fourth-order valence-corrected chi connectivity index (χ4v) is 2.34. The minimum Gasteiger partial charge on any atom is -0.496 e. The third kappa shape index (κ3) is 3.19. The van der Waals surface area contributed by atoms with Crippen molar-refractivity contribution in [3.8, 4) is 5.75 Å². The SMILES string of the molecule is COc1cccc(F)c1C(C)(O)Cc1cc(F)ccc1F. The largest absolute Gasteiger partial charge is 0.496 e. The molecule has 2 aromatic rings. The van der Waals surface area contributed by atoms with Crippen molar-refractivity contribution >= 4 is 0 Å². The van der Waals surface area contributed by atoms with Crippen molar-refractivity contribution in [1.29, 1.82) is 0 Å². The summed E-state index contributed by atoms with van der Waals surface area (Å²) in [6, 6.07) is 7.05. The Balaban J connectivity index is 2.45. The van der Waals surface area contributed by atoms with E-state index in [1.54, 1.807) is 0 Å². The Kier molecular flexibility index (Phi) is 4.23. The molecule has 0 aliphatic heterocycles. The van der Waals surface area contributed by atoms with Crippen LogP contribution in [0.25, 0.3) is 0 Å². The molecule has 1 N–H and O–H groups in total. The van der Waals surface area contributed by atoms with Gasteiger partial charge in [0.25, 0.3) is 0 Å². The van der Waals surface area contributed by atoms with Gasteiger partial charge in [-0.25, -0.2) is 13.2 Å². The molecule has 2 rings (SSSR count). The molecule has 0 saturated heterocycles. The lowest BCUT2D eigenvalue weighted by Crippen LogP contribution is -2.27. The molecule has 0 fully saturated rings. The quantitative estimate of drug-likeness (QED) is 0.934. The number of halogens is 3. The highest BCUT2D eigenvalue weighted by atomic mass is 19.1. The van der Waals surface area contributed by atoms with E-state index in [-0.39, 0.29) is 23.3 Å². The number of methoxy groups -OCH3 is 1. The molecule has 0 radical (unpaired) electrons. The number of hydrogen-bond acceptors (Lipinski definition) is 2. The van der Waals surface area contributed by atoms with Crippen LogP contribution in [0.4, 0.5) is 13.2 Å². The Morgan fingerprint density at radius 1 is 1.10 bits per heavy atom. The van der Waals surface area contributed by atoms with Gasteiger partial charge in [0.1, 0.15) is 23.2 Å². The Morgan fingerprint density at radius 3 is 2.48 bits per heavy atom. The summed E-state index contributed by atoms with van der Waals surface area (Å²) in [5.74, 6) is -1.80. The third-order valence-corrected chi connectivity index (χ3v) is 3.28. The maximum atomic E-state index is 14.0. The molecule has 1 unspecified atom stereocenters. The van der Waals surface area contributed by atoms with E-state index in [1.165, 1.54) is 32.2 Å². The van der Waals surface area contributed by atoms with Gasteiger partial charge in [-0.3, -0.25) is 0 Å². The van der Waals surface area contributed by atoms with E-state index in [2.05, 4.69) is 0 Å². The Morgan fingerprint density at radius 2 is 1.81 bits per heavy atom. The Hall–Kier alpha value is -2.01. The molecule has 0 saturated carbocycles. The van der Waals surface area contributed by atoms with Crippen LogP contribution in [-0.4, -0.2) is 12.2 Å². The molecule has 2 aromatic carbocycles. The number of benzene rings is 2. The first-order chi connectivity index (χ1) is 9.85. The van der Waals surface area contributed by atoms with Crippen LogP contribution in [0.2, 0.25) is 0 Å². The summed E-state index contributed by atoms with van der Waals surface area (Å²) in [6.45, 7) is 1.33. The van der Waals surface area contributed by atoms with Gasteiger partial charge in [0.2, 0.25) is 0 Å². The van der Waals surface area contributed by atoms with Gasteiger partial charge in [0.15, 0.2) is 0 Å². The molecule has 0 bridgehead atoms. The lowest BCUT2D eigenvalue weighted by atomic mass is 9.87. The molecule has 0 heterocycles. The van der Waals surface area contributed by atoms with Crippen molar-refractivity contribution in [3.63, 3.8) is 0 Å². The van der Waals surface area contributed by atoms with Gasteiger partial charge in [-0.15, -0.1) is 0 Å². The molecular weight excluding hydrogens is 281 g/mol. The van der Waals surface area contributed by atoms with Gasteiger partial charge in [0, 0.05) is 6.42 Å². The van der Waals surface area contributed by atoms with Crippen molar-refractivity contribution in [2.24, 2.45) is 0 Å². The monoisotopic (exact) mass is 296 g/mol. The van der Waals surface area contributed by atoms with Gasteiger partial charge in [0.05, 0.1) is 18.3 Å². The van der Waals surface area contributed by atoms with Crippen LogP contribution in [0.5, 0.6) is 5.75 Å². The Labute approximate surface area is 120 Å². The predicted molar refractivity (Wildman–Crippen MR) is 72.6 cm³/mol. The average Bonchev–Trinajstić information content (AvgIpc) is 2.42. The Bertz CT molecular complexity index is 654. The number of aliphatic hydroxyl groups is 1. The normalized spacial score (nSPS) is 13.8. The van der Waals surface area contributed by atoms with Crippen molar-refractivity contribution in [2.75, 3.05) is 7.11 Å². The van der Waals surface area contributed by atoms with Crippen molar-refractivity contribution in [2.45, 2.75) is 18.9 Å². The fraction of sp³-hybridized carbons (Fsp3) is 0.250. The second kappa shape index (κ2) is 5.77. The smallest absolute Gasteiger partial charge is 0.133 e. The maximum absolute atomic E-state index is 14.0. The zero-order chi connectivity index (χ0) is 15.6. The number of ether oxygens (including phenoxy) is 1. The number of rotatable bonds is 4. The molecule has 0 aliphatic rings. The van der Waals surface area contributed by atoms with Crippen LogP contribution >= 0.6 is 0 Å². The first-order valence-corrected chi connectivity index (χ1v) is 6.34. The molecule has 0 aromatic heterocycles. The second-order valence-corrected chi connectivity index (χ2v) is 5.00. The molecular formula is C16H15F3O2. The van der Waals surface area contributed by atoms with Gasteiger partial charge in [-0.1, -0.05) is 6.07 Å². The number of hydrogen-bond donors (Lipinski definition) is 1. The van der Waals surface area contributed by atoms with Gasteiger partial charge in [-0.05, 0) is 42.8 Å². The topological polar surface area (TPSA) is 29.5 Å². The summed E-state index contributed by atoms with van der Waals surface area (Å²) >= 11 is 0. The molecule has 0 spiro atoms. The van der Waals surface area contributed by atoms with E-state index < -0.39 is 23.1 Å². The zero-order valence-corrected chi connectivity index (χ0v) is 11.7. The summed E-state index contributed by atoms with van der Waals surface area (Å²) in [7, 11) is 1.34. The summed E-state index contributed by atoms with van der Waals surface area (Å²) < 4.78 is 45.9. The van der Waals surface area contributed by atoms with Crippen LogP contribution in [0.15, 0.2) is 36.4 Å². The zero-order valence-electron chi connectivity index (χ0n) is 11.7. The van der Waals surface area contributed by atoms with Crippen LogP contribution in [0.1, 0.15) is 18.1 Å². The van der Waals surface area contributed by atoms with Crippen LogP contribution in [-0.2, 0) is 12.0 Å².